The van der Waals surface area contributed by atoms with Crippen molar-refractivity contribution in [2.45, 2.75) is 0 Å². The number of halogens is 1. The molecule has 128 valence electrons. The van der Waals surface area contributed by atoms with E-state index in [0.29, 0.717) is 17.1 Å². The maximum Gasteiger partial charge on any atom is 0.274 e. The zero-order valence-electron chi connectivity index (χ0n) is 13.3. The molecule has 0 saturated heterocycles. The third-order valence-electron chi connectivity index (χ3n) is 3.71. The van der Waals surface area contributed by atoms with E-state index < -0.39 is 0 Å². The third-order valence-corrected chi connectivity index (χ3v) is 3.71. The van der Waals surface area contributed by atoms with E-state index in [9.17, 15) is 9.18 Å². The fourth-order valence-electron chi connectivity index (χ4n) is 2.44. The molecule has 0 aliphatic rings. The van der Waals surface area contributed by atoms with Gasteiger partial charge in [0.2, 0.25) is 0 Å². The summed E-state index contributed by atoms with van der Waals surface area (Å²) in [5.74, 6) is -0.676. The molecule has 8 nitrogen and oxygen atoms in total. The Morgan fingerprint density at radius 1 is 0.962 bits per heavy atom. The molecule has 2 heterocycles. The Hall–Kier alpha value is -3.88. The van der Waals surface area contributed by atoms with Gasteiger partial charge in [0.15, 0.2) is 0 Å². The number of carbonyl (C=O) groups is 1. The Labute approximate surface area is 146 Å². The topological polar surface area (TPSA) is 90.5 Å². The van der Waals surface area contributed by atoms with Crippen LogP contribution in [-0.4, -0.2) is 35.7 Å². The van der Waals surface area contributed by atoms with Gasteiger partial charge < -0.3 is 5.32 Å². The zero-order chi connectivity index (χ0) is 17.9. The first-order valence-corrected chi connectivity index (χ1v) is 7.64. The van der Waals surface area contributed by atoms with Gasteiger partial charge in [-0.3, -0.25) is 9.36 Å². The molecule has 0 aliphatic heterocycles. The summed E-state index contributed by atoms with van der Waals surface area (Å²) in [6.07, 6.45) is 4.44. The Morgan fingerprint density at radius 3 is 2.38 bits per heavy atom. The van der Waals surface area contributed by atoms with Crippen LogP contribution in [0, 0.1) is 5.82 Å². The standard InChI is InChI=1S/C17H12FN7O/c18-12-1-5-14(6-2-12)24-10-19-9-16(24)17(26)21-13-3-7-15(8-4-13)25-11-20-22-23-25/h1-11H,(H,21,26). The van der Waals surface area contributed by atoms with Crippen LogP contribution in [0.15, 0.2) is 67.4 Å². The molecule has 0 unspecified atom stereocenters. The van der Waals surface area contributed by atoms with E-state index in [4.69, 9.17) is 0 Å². The van der Waals surface area contributed by atoms with Gasteiger partial charge in [-0.2, -0.15) is 0 Å². The Bertz CT molecular complexity index is 1020. The molecule has 4 aromatic rings. The molecule has 0 spiro atoms. The lowest BCUT2D eigenvalue weighted by molar-refractivity contribution is 0.102. The van der Waals surface area contributed by atoms with Gasteiger partial charge >= 0.3 is 0 Å². The van der Waals surface area contributed by atoms with Gasteiger partial charge in [-0.25, -0.2) is 14.1 Å². The van der Waals surface area contributed by atoms with E-state index in [1.807, 2.05) is 0 Å². The van der Waals surface area contributed by atoms with Crippen LogP contribution >= 0.6 is 0 Å². The number of carbonyl (C=O) groups excluding carboxylic acids is 1. The van der Waals surface area contributed by atoms with E-state index in [1.54, 1.807) is 41.0 Å². The van der Waals surface area contributed by atoms with Gasteiger partial charge in [0.25, 0.3) is 5.91 Å². The zero-order valence-corrected chi connectivity index (χ0v) is 13.3. The minimum absolute atomic E-state index is 0.331. The van der Waals surface area contributed by atoms with E-state index in [2.05, 4.69) is 25.8 Å². The highest BCUT2D eigenvalue weighted by molar-refractivity contribution is 6.03. The number of hydrogen-bond donors (Lipinski definition) is 1. The van der Waals surface area contributed by atoms with Gasteiger partial charge in [0.1, 0.15) is 17.8 Å². The van der Waals surface area contributed by atoms with Crippen molar-refractivity contribution in [2.24, 2.45) is 0 Å². The number of tetrazole rings is 1. The van der Waals surface area contributed by atoms with Crippen molar-refractivity contribution in [1.29, 1.82) is 0 Å². The van der Waals surface area contributed by atoms with Crippen LogP contribution in [0.2, 0.25) is 0 Å². The highest BCUT2D eigenvalue weighted by Crippen LogP contribution is 2.16. The van der Waals surface area contributed by atoms with E-state index in [1.165, 1.54) is 35.7 Å². The van der Waals surface area contributed by atoms with Gasteiger partial charge in [0, 0.05) is 11.4 Å². The second-order valence-electron chi connectivity index (χ2n) is 5.38. The number of anilines is 1. The summed E-state index contributed by atoms with van der Waals surface area (Å²) >= 11 is 0. The van der Waals surface area contributed by atoms with Gasteiger partial charge in [-0.15, -0.1) is 5.10 Å². The number of nitrogens with zero attached hydrogens (tertiary/aromatic N) is 6. The number of rotatable bonds is 4. The molecular weight excluding hydrogens is 337 g/mol. The van der Waals surface area contributed by atoms with Gasteiger partial charge in [0.05, 0.1) is 18.2 Å². The quantitative estimate of drug-likeness (QED) is 0.610. The molecule has 0 saturated carbocycles. The fraction of sp³-hybridized carbons (Fsp3) is 0. The number of nitrogens with one attached hydrogen (secondary N) is 1. The molecule has 0 bridgehead atoms. The lowest BCUT2D eigenvalue weighted by Gasteiger charge is -2.09. The smallest absolute Gasteiger partial charge is 0.274 e. The largest absolute Gasteiger partial charge is 0.321 e. The monoisotopic (exact) mass is 349 g/mol. The normalized spacial score (nSPS) is 10.7. The average Bonchev–Trinajstić information content (AvgIpc) is 3.35. The summed E-state index contributed by atoms with van der Waals surface area (Å²) in [7, 11) is 0. The minimum Gasteiger partial charge on any atom is -0.321 e. The summed E-state index contributed by atoms with van der Waals surface area (Å²) in [5, 5.41) is 13.8. The van der Waals surface area contributed by atoms with Crippen molar-refractivity contribution in [3.63, 3.8) is 0 Å². The van der Waals surface area contributed by atoms with Crippen molar-refractivity contribution in [2.75, 3.05) is 5.32 Å². The second kappa shape index (κ2) is 6.55. The molecule has 2 aromatic carbocycles. The summed E-state index contributed by atoms with van der Waals surface area (Å²) in [6, 6.07) is 12.9. The fourth-order valence-corrected chi connectivity index (χ4v) is 2.44. The number of hydrogen-bond acceptors (Lipinski definition) is 5. The van der Waals surface area contributed by atoms with Crippen molar-refractivity contribution in [3.05, 3.63) is 78.9 Å². The highest BCUT2D eigenvalue weighted by Gasteiger charge is 2.13. The van der Waals surface area contributed by atoms with E-state index >= 15 is 0 Å². The van der Waals surface area contributed by atoms with Crippen LogP contribution in [0.3, 0.4) is 0 Å². The first kappa shape index (κ1) is 15.6. The van der Waals surface area contributed by atoms with Crippen LogP contribution < -0.4 is 5.32 Å². The summed E-state index contributed by atoms with van der Waals surface area (Å²) in [4.78, 5) is 16.6. The van der Waals surface area contributed by atoms with Crippen LogP contribution in [0.5, 0.6) is 0 Å². The molecule has 1 N–H and O–H groups in total. The molecule has 26 heavy (non-hydrogen) atoms. The summed E-state index contributed by atoms with van der Waals surface area (Å²) in [5.41, 5.74) is 2.35. The molecule has 0 aliphatic carbocycles. The minimum atomic E-state index is -0.345. The first-order valence-electron chi connectivity index (χ1n) is 7.64. The van der Waals surface area contributed by atoms with Crippen molar-refractivity contribution >= 4 is 11.6 Å². The number of amides is 1. The Kier molecular flexibility index (Phi) is 3.94. The van der Waals surface area contributed by atoms with Crippen molar-refractivity contribution in [3.8, 4) is 11.4 Å². The molecule has 0 atom stereocenters. The van der Waals surface area contributed by atoms with Gasteiger partial charge in [-0.05, 0) is 59.0 Å². The Morgan fingerprint density at radius 2 is 1.69 bits per heavy atom. The second-order valence-corrected chi connectivity index (χ2v) is 5.38. The molecule has 4 rings (SSSR count). The SMILES string of the molecule is O=C(Nc1ccc(-n2cnnn2)cc1)c1cncn1-c1ccc(F)cc1. The summed E-state index contributed by atoms with van der Waals surface area (Å²) in [6.45, 7) is 0. The number of aromatic nitrogens is 6. The van der Waals surface area contributed by atoms with Crippen LogP contribution in [0.4, 0.5) is 10.1 Å². The average molecular weight is 349 g/mol. The molecule has 1 amide bonds. The van der Waals surface area contributed by atoms with Crippen LogP contribution in [0.25, 0.3) is 11.4 Å². The number of imidazole rings is 1. The molecule has 2 aromatic heterocycles. The Balaban J connectivity index is 1.54. The maximum atomic E-state index is 13.1. The molecule has 0 radical (unpaired) electrons. The van der Waals surface area contributed by atoms with E-state index in [-0.39, 0.29) is 11.7 Å². The predicted octanol–water partition coefficient (Wildman–Crippen LogP) is 2.24. The molecule has 0 fully saturated rings. The van der Waals surface area contributed by atoms with Crippen LogP contribution in [-0.2, 0) is 0 Å². The highest BCUT2D eigenvalue weighted by atomic mass is 19.1. The summed E-state index contributed by atoms with van der Waals surface area (Å²) < 4.78 is 16.2. The van der Waals surface area contributed by atoms with E-state index in [0.717, 1.165) is 5.69 Å². The first-order chi connectivity index (χ1) is 12.7. The number of benzene rings is 2. The molecule has 9 heteroatoms. The van der Waals surface area contributed by atoms with Crippen molar-refractivity contribution < 1.29 is 9.18 Å². The lowest BCUT2D eigenvalue weighted by Crippen LogP contribution is -2.16. The van der Waals surface area contributed by atoms with Gasteiger partial charge in [-0.1, -0.05) is 0 Å². The van der Waals surface area contributed by atoms with Crippen LogP contribution in [0.1, 0.15) is 10.5 Å². The molecular formula is C17H12FN7O. The third kappa shape index (κ3) is 3.05. The predicted molar refractivity (Wildman–Crippen MR) is 90.6 cm³/mol. The lowest BCUT2D eigenvalue weighted by atomic mass is 10.2. The van der Waals surface area contributed by atoms with Crippen molar-refractivity contribution in [1.82, 2.24) is 29.8 Å². The maximum absolute atomic E-state index is 13.1.